The van der Waals surface area contributed by atoms with Gasteiger partial charge in [-0.25, -0.2) is 4.79 Å². The summed E-state index contributed by atoms with van der Waals surface area (Å²) in [5, 5.41) is 20.0. The van der Waals surface area contributed by atoms with Crippen molar-refractivity contribution < 1.29 is 28.7 Å². The van der Waals surface area contributed by atoms with Gasteiger partial charge in [-0.05, 0) is 130 Å². The number of alkyl carbamates (subject to hydrolysis) is 1. The maximum Gasteiger partial charge on any atom is 0.407 e. The molecule has 1 aliphatic heterocycles. The number of nitrogens with one attached hydrogen (secondary N) is 3. The molecule has 0 spiro atoms. The molecule has 3 amide bonds. The van der Waals surface area contributed by atoms with E-state index in [0.717, 1.165) is 40.7 Å². The van der Waals surface area contributed by atoms with Crippen molar-refractivity contribution in [3.8, 4) is 22.5 Å². The highest BCUT2D eigenvalue weighted by Gasteiger charge is 2.31. The van der Waals surface area contributed by atoms with Gasteiger partial charge >= 0.3 is 6.09 Å². The van der Waals surface area contributed by atoms with Crippen LogP contribution in [0.3, 0.4) is 0 Å². The first-order valence-corrected chi connectivity index (χ1v) is 19.1. The molecule has 13 heteroatoms. The molecule has 1 saturated heterocycles. The molecular weight excluding hydrogens is 699 g/mol. The first-order chi connectivity index (χ1) is 26.4. The number of Topliss-reactive ketones (excluding diaryl/α,β-unsaturated/α-hetero) is 1. The minimum absolute atomic E-state index is 0.0205. The van der Waals surface area contributed by atoms with Gasteiger partial charge < -0.3 is 25.0 Å². The third kappa shape index (κ3) is 10.8. The second kappa shape index (κ2) is 17.8. The van der Waals surface area contributed by atoms with Crippen molar-refractivity contribution in [1.82, 2.24) is 30.8 Å². The van der Waals surface area contributed by atoms with Gasteiger partial charge in [0, 0.05) is 54.7 Å². The van der Waals surface area contributed by atoms with Gasteiger partial charge in [-0.2, -0.15) is 5.21 Å². The molecule has 1 aliphatic carbocycles. The predicted octanol–water partition coefficient (Wildman–Crippen LogP) is 6.40. The van der Waals surface area contributed by atoms with E-state index in [2.05, 4.69) is 37.3 Å². The number of hydrogen-bond acceptors (Lipinski definition) is 9. The highest BCUT2D eigenvalue weighted by atomic mass is 16.6. The van der Waals surface area contributed by atoms with Crippen molar-refractivity contribution in [2.24, 2.45) is 17.8 Å². The topological polar surface area (TPSA) is 168 Å². The van der Waals surface area contributed by atoms with Crippen molar-refractivity contribution >= 4 is 29.4 Å². The van der Waals surface area contributed by atoms with Gasteiger partial charge in [0.2, 0.25) is 11.7 Å². The Bertz CT molecular complexity index is 1940. The van der Waals surface area contributed by atoms with Crippen LogP contribution in [0.5, 0.6) is 0 Å². The summed E-state index contributed by atoms with van der Waals surface area (Å²) in [5.41, 5.74) is 5.24. The molecule has 2 heterocycles. The number of hydrogen-bond donors (Lipinski definition) is 3. The molecule has 13 nitrogen and oxygen atoms in total. The minimum Gasteiger partial charge on any atom is -0.444 e. The summed E-state index contributed by atoms with van der Waals surface area (Å²) in [6, 6.07) is 20.9. The molecule has 6 rings (SSSR count). The zero-order valence-electron chi connectivity index (χ0n) is 32.1. The Labute approximate surface area is 321 Å². The third-order valence-electron chi connectivity index (χ3n) is 10.3. The zero-order chi connectivity index (χ0) is 39.0. The molecule has 55 heavy (non-hydrogen) atoms. The summed E-state index contributed by atoms with van der Waals surface area (Å²) in [7, 11) is 0. The van der Waals surface area contributed by atoms with Gasteiger partial charge in [-0.3, -0.25) is 14.4 Å². The van der Waals surface area contributed by atoms with E-state index in [1.807, 2.05) is 69.0 Å². The van der Waals surface area contributed by atoms with Gasteiger partial charge in [0.15, 0.2) is 0 Å². The van der Waals surface area contributed by atoms with Crippen LogP contribution in [0.4, 0.5) is 10.5 Å². The van der Waals surface area contributed by atoms with Crippen LogP contribution in [0, 0.1) is 24.7 Å². The van der Waals surface area contributed by atoms with Crippen LogP contribution in [-0.2, 0) is 25.5 Å². The first kappa shape index (κ1) is 39.3. The van der Waals surface area contributed by atoms with Gasteiger partial charge in [0.05, 0.1) is 13.2 Å². The Morgan fingerprint density at radius 2 is 1.69 bits per heavy atom. The van der Waals surface area contributed by atoms with Gasteiger partial charge in [-0.1, -0.05) is 30.3 Å². The smallest absolute Gasteiger partial charge is 0.407 e. The lowest BCUT2D eigenvalue weighted by Gasteiger charge is -2.29. The van der Waals surface area contributed by atoms with Crippen LogP contribution in [0.2, 0.25) is 0 Å². The van der Waals surface area contributed by atoms with E-state index in [9.17, 15) is 19.2 Å². The second-order valence-corrected chi connectivity index (χ2v) is 15.6. The standard InChI is InChI=1S/C42H51N7O6/c1-27-8-9-29(23-36(27)32-6-5-7-33(24-32)40(52)49-18-20-54-21-19-49)22-34(39(51)44-35-16-14-31(15-17-35)38-45-47-48-46-38)25-37(50)30-12-10-28(11-13-30)26-43-41(53)55-42(2,3)4/h5-9,14-17,23-24,28,30,34H,10-13,18-22,25-26H2,1-4H3,(H,43,53)(H,44,51)(H,45,46,47,48)/t28?,30?,34-/m1/s1. The zero-order valence-corrected chi connectivity index (χ0v) is 32.1. The third-order valence-corrected chi connectivity index (χ3v) is 10.3. The van der Waals surface area contributed by atoms with Crippen molar-refractivity contribution in [3.05, 3.63) is 83.4 Å². The molecule has 3 N–H and O–H groups in total. The molecule has 0 radical (unpaired) electrons. The number of carbonyl (C=O) groups is 4. The van der Waals surface area contributed by atoms with Crippen molar-refractivity contribution in [2.45, 2.75) is 71.8 Å². The fourth-order valence-corrected chi connectivity index (χ4v) is 7.29. The maximum absolute atomic E-state index is 14.0. The number of H-pyrrole nitrogens is 1. The number of ketones is 1. The quantitative estimate of drug-likeness (QED) is 0.148. The monoisotopic (exact) mass is 749 g/mol. The minimum atomic E-state index is -0.624. The van der Waals surface area contributed by atoms with E-state index in [0.29, 0.717) is 69.2 Å². The van der Waals surface area contributed by atoms with Crippen LogP contribution in [0.15, 0.2) is 66.7 Å². The van der Waals surface area contributed by atoms with Crippen LogP contribution >= 0.6 is 0 Å². The number of aromatic nitrogens is 4. The van der Waals surface area contributed by atoms with Crippen LogP contribution in [-0.4, -0.2) is 87.7 Å². The van der Waals surface area contributed by atoms with E-state index in [1.165, 1.54) is 0 Å². The van der Waals surface area contributed by atoms with Crippen LogP contribution in [0.25, 0.3) is 22.5 Å². The Hall–Kier alpha value is -5.43. The summed E-state index contributed by atoms with van der Waals surface area (Å²) >= 11 is 0. The van der Waals surface area contributed by atoms with Crippen molar-refractivity contribution in [2.75, 3.05) is 38.2 Å². The Morgan fingerprint density at radius 3 is 2.38 bits per heavy atom. The SMILES string of the molecule is Cc1ccc(C[C@H](CC(=O)C2CCC(CNC(=O)OC(C)(C)C)CC2)C(=O)Nc2ccc(-c3nn[nH]n3)cc2)cc1-c1cccc(C(=O)N2CCOCC2)c1. The number of aromatic amines is 1. The van der Waals surface area contributed by atoms with Crippen LogP contribution < -0.4 is 10.6 Å². The Balaban J connectivity index is 1.16. The average Bonchev–Trinajstić information content (AvgIpc) is 3.73. The van der Waals surface area contributed by atoms with Gasteiger partial charge in [0.25, 0.3) is 5.91 Å². The molecule has 0 bridgehead atoms. The highest BCUT2D eigenvalue weighted by Crippen LogP contribution is 2.33. The number of amides is 3. The number of nitrogens with zero attached hydrogens (tertiary/aromatic N) is 4. The largest absolute Gasteiger partial charge is 0.444 e. The Kier molecular flexibility index (Phi) is 12.7. The lowest BCUT2D eigenvalue weighted by molar-refractivity contribution is -0.129. The molecule has 3 aromatic carbocycles. The molecule has 1 saturated carbocycles. The number of ether oxygens (including phenoxy) is 2. The summed E-state index contributed by atoms with van der Waals surface area (Å²) < 4.78 is 10.8. The van der Waals surface area contributed by atoms with Gasteiger partial charge in [-0.15, -0.1) is 10.2 Å². The van der Waals surface area contributed by atoms with E-state index in [4.69, 9.17) is 9.47 Å². The summed E-state index contributed by atoms with van der Waals surface area (Å²) in [4.78, 5) is 55.2. The molecular formula is C42H51N7O6. The number of rotatable bonds is 12. The molecule has 2 aliphatic rings. The van der Waals surface area contributed by atoms with Gasteiger partial charge in [0.1, 0.15) is 11.4 Å². The van der Waals surface area contributed by atoms with E-state index in [-0.39, 0.29) is 35.9 Å². The summed E-state index contributed by atoms with van der Waals surface area (Å²) in [6.45, 7) is 10.2. The summed E-state index contributed by atoms with van der Waals surface area (Å²) in [5.74, 6) is -0.247. The lowest BCUT2D eigenvalue weighted by Crippen LogP contribution is -2.40. The van der Waals surface area contributed by atoms with E-state index < -0.39 is 17.6 Å². The molecule has 1 aromatic heterocycles. The molecule has 4 aromatic rings. The van der Waals surface area contributed by atoms with E-state index in [1.54, 1.807) is 24.3 Å². The first-order valence-electron chi connectivity index (χ1n) is 19.1. The van der Waals surface area contributed by atoms with Crippen LogP contribution in [0.1, 0.15) is 74.4 Å². The lowest BCUT2D eigenvalue weighted by atomic mass is 9.77. The van der Waals surface area contributed by atoms with Crippen molar-refractivity contribution in [1.29, 1.82) is 0 Å². The highest BCUT2D eigenvalue weighted by molar-refractivity contribution is 5.97. The Morgan fingerprint density at radius 1 is 0.945 bits per heavy atom. The number of aryl methyl sites for hydroxylation is 1. The molecule has 0 unspecified atom stereocenters. The van der Waals surface area contributed by atoms with E-state index >= 15 is 0 Å². The number of anilines is 1. The fourth-order valence-electron chi connectivity index (χ4n) is 7.29. The number of benzene rings is 3. The number of carbonyl (C=O) groups excluding carboxylic acids is 4. The maximum atomic E-state index is 14.0. The molecule has 2 fully saturated rings. The second-order valence-electron chi connectivity index (χ2n) is 15.6. The molecule has 290 valence electrons. The van der Waals surface area contributed by atoms with Crippen molar-refractivity contribution in [3.63, 3.8) is 0 Å². The number of morpholine rings is 1. The normalized spacial score (nSPS) is 17.9. The average molecular weight is 750 g/mol. The number of tetrazole rings is 1. The fraction of sp³-hybridized carbons (Fsp3) is 0.452. The molecule has 1 atom stereocenters. The summed E-state index contributed by atoms with van der Waals surface area (Å²) in [6.07, 6.45) is 3.06. The predicted molar refractivity (Wildman–Crippen MR) is 208 cm³/mol.